The molecule has 1 aliphatic rings. The molecule has 0 spiro atoms. The van der Waals surface area contributed by atoms with Gasteiger partial charge in [-0.25, -0.2) is 0 Å². The lowest BCUT2D eigenvalue weighted by Crippen LogP contribution is -2.33. The van der Waals surface area contributed by atoms with E-state index in [2.05, 4.69) is 20.8 Å². The van der Waals surface area contributed by atoms with E-state index in [-0.39, 0.29) is 11.9 Å². The first-order valence-corrected chi connectivity index (χ1v) is 9.29. The molecule has 2 aromatic rings. The fourth-order valence-electron chi connectivity index (χ4n) is 3.25. The van der Waals surface area contributed by atoms with Gasteiger partial charge in [0.1, 0.15) is 5.82 Å². The number of anilines is 1. The van der Waals surface area contributed by atoms with Gasteiger partial charge in [-0.3, -0.25) is 4.79 Å². The minimum absolute atomic E-state index is 0.147. The first-order chi connectivity index (χ1) is 13.2. The van der Waals surface area contributed by atoms with E-state index in [9.17, 15) is 4.79 Å². The Morgan fingerprint density at radius 3 is 2.52 bits per heavy atom. The minimum Gasteiger partial charge on any atom is -0.493 e. The molecule has 7 heteroatoms. The molecule has 0 atom stereocenters. The molecule has 1 aromatic carbocycles. The van der Waals surface area contributed by atoms with E-state index in [0.717, 1.165) is 24.8 Å². The lowest BCUT2D eigenvalue weighted by Gasteiger charge is -2.11. The third kappa shape index (κ3) is 5.09. The Hall–Kier alpha value is -2.83. The summed E-state index contributed by atoms with van der Waals surface area (Å²) in [7, 11) is 3.25. The maximum atomic E-state index is 12.2. The maximum Gasteiger partial charge on any atom is 0.272 e. The molecule has 1 saturated carbocycles. The molecular weight excluding hydrogens is 344 g/mol. The number of methoxy groups -OCH3 is 2. The highest BCUT2D eigenvalue weighted by atomic mass is 16.5. The average Bonchev–Trinajstić information content (AvgIpc) is 3.21. The summed E-state index contributed by atoms with van der Waals surface area (Å²) >= 11 is 0. The Balaban J connectivity index is 1.49. The van der Waals surface area contributed by atoms with Crippen molar-refractivity contribution < 1.29 is 14.3 Å². The Kier molecular flexibility index (Phi) is 6.46. The molecular formula is C20H26N4O3. The lowest BCUT2D eigenvalue weighted by molar-refractivity contribution is 0.0932. The van der Waals surface area contributed by atoms with Crippen molar-refractivity contribution in [3.8, 4) is 11.5 Å². The number of carbonyl (C=O) groups is 1. The van der Waals surface area contributed by atoms with Crippen LogP contribution in [-0.2, 0) is 6.42 Å². The van der Waals surface area contributed by atoms with Gasteiger partial charge in [-0.15, -0.1) is 10.2 Å². The number of amides is 1. The van der Waals surface area contributed by atoms with Crippen molar-refractivity contribution in [2.75, 3.05) is 26.1 Å². The Morgan fingerprint density at radius 1 is 1.07 bits per heavy atom. The third-order valence-corrected chi connectivity index (χ3v) is 4.76. The predicted octanol–water partition coefficient (Wildman–Crippen LogP) is 2.82. The van der Waals surface area contributed by atoms with Gasteiger partial charge in [0.2, 0.25) is 0 Å². The van der Waals surface area contributed by atoms with E-state index in [1.807, 2.05) is 18.2 Å². The van der Waals surface area contributed by atoms with Crippen LogP contribution in [0.3, 0.4) is 0 Å². The molecule has 1 fully saturated rings. The number of benzene rings is 1. The molecule has 7 nitrogen and oxygen atoms in total. The summed E-state index contributed by atoms with van der Waals surface area (Å²) in [6.07, 6.45) is 5.26. The lowest BCUT2D eigenvalue weighted by atomic mass is 10.1. The van der Waals surface area contributed by atoms with Crippen LogP contribution in [0.25, 0.3) is 0 Å². The van der Waals surface area contributed by atoms with Crippen LogP contribution in [0, 0.1) is 0 Å². The second kappa shape index (κ2) is 9.21. The van der Waals surface area contributed by atoms with Gasteiger partial charge in [-0.2, -0.15) is 0 Å². The fourth-order valence-corrected chi connectivity index (χ4v) is 3.25. The zero-order valence-corrected chi connectivity index (χ0v) is 15.8. The highest BCUT2D eigenvalue weighted by Crippen LogP contribution is 2.27. The Labute approximate surface area is 159 Å². The molecule has 144 valence electrons. The molecule has 0 saturated heterocycles. The van der Waals surface area contributed by atoms with Crippen LogP contribution < -0.4 is 20.1 Å². The van der Waals surface area contributed by atoms with Crippen molar-refractivity contribution in [3.05, 3.63) is 41.6 Å². The number of nitrogens with one attached hydrogen (secondary N) is 2. The second-order valence-corrected chi connectivity index (χ2v) is 6.62. The average molecular weight is 370 g/mol. The smallest absolute Gasteiger partial charge is 0.272 e. The standard InChI is InChI=1S/C20H26N4O3/c1-26-17-9-7-14(13-18(17)27-2)11-12-21-19-10-8-16(23-24-19)20(25)22-15-5-3-4-6-15/h7-10,13,15H,3-6,11-12H2,1-2H3,(H,21,24)(H,22,25). The number of carbonyl (C=O) groups excluding carboxylic acids is 1. The first-order valence-electron chi connectivity index (χ1n) is 9.29. The molecule has 1 aliphatic carbocycles. The summed E-state index contributed by atoms with van der Waals surface area (Å²) in [6.45, 7) is 0.692. The van der Waals surface area contributed by atoms with E-state index < -0.39 is 0 Å². The number of ether oxygens (including phenoxy) is 2. The van der Waals surface area contributed by atoms with Crippen LogP contribution >= 0.6 is 0 Å². The minimum atomic E-state index is -0.147. The molecule has 0 radical (unpaired) electrons. The molecule has 27 heavy (non-hydrogen) atoms. The highest BCUT2D eigenvalue weighted by Gasteiger charge is 2.18. The van der Waals surface area contributed by atoms with Crippen molar-refractivity contribution >= 4 is 11.7 Å². The zero-order chi connectivity index (χ0) is 19.1. The van der Waals surface area contributed by atoms with Crippen molar-refractivity contribution in [1.82, 2.24) is 15.5 Å². The topological polar surface area (TPSA) is 85.4 Å². The number of aromatic nitrogens is 2. The van der Waals surface area contributed by atoms with Crippen molar-refractivity contribution in [2.45, 2.75) is 38.1 Å². The summed E-state index contributed by atoms with van der Waals surface area (Å²) < 4.78 is 10.6. The molecule has 0 bridgehead atoms. The van der Waals surface area contributed by atoms with Gasteiger partial charge in [0.15, 0.2) is 17.2 Å². The SMILES string of the molecule is COc1ccc(CCNc2ccc(C(=O)NC3CCCC3)nn2)cc1OC. The molecule has 1 heterocycles. The van der Waals surface area contributed by atoms with Gasteiger partial charge in [0.25, 0.3) is 5.91 Å². The Morgan fingerprint density at radius 2 is 1.85 bits per heavy atom. The van der Waals surface area contributed by atoms with E-state index >= 15 is 0 Å². The van der Waals surface area contributed by atoms with E-state index in [0.29, 0.717) is 29.6 Å². The third-order valence-electron chi connectivity index (χ3n) is 4.76. The molecule has 2 N–H and O–H groups in total. The fraction of sp³-hybridized carbons (Fsp3) is 0.450. The summed E-state index contributed by atoms with van der Waals surface area (Å²) in [6, 6.07) is 9.62. The molecule has 1 aromatic heterocycles. The molecule has 3 rings (SSSR count). The van der Waals surface area contributed by atoms with Gasteiger partial charge in [0, 0.05) is 12.6 Å². The van der Waals surface area contributed by atoms with Crippen LogP contribution in [-0.4, -0.2) is 42.9 Å². The normalized spacial score (nSPS) is 14.0. The summed E-state index contributed by atoms with van der Waals surface area (Å²) in [4.78, 5) is 12.2. The summed E-state index contributed by atoms with van der Waals surface area (Å²) in [5.74, 6) is 1.93. The monoisotopic (exact) mass is 370 g/mol. The number of hydrogen-bond donors (Lipinski definition) is 2. The van der Waals surface area contributed by atoms with E-state index in [1.54, 1.807) is 26.4 Å². The number of rotatable bonds is 8. The van der Waals surface area contributed by atoms with Crippen LogP contribution in [0.15, 0.2) is 30.3 Å². The highest BCUT2D eigenvalue weighted by molar-refractivity contribution is 5.92. The second-order valence-electron chi connectivity index (χ2n) is 6.62. The number of nitrogens with zero attached hydrogens (tertiary/aromatic N) is 2. The first kappa shape index (κ1) is 18.9. The van der Waals surface area contributed by atoms with E-state index in [1.165, 1.54) is 12.8 Å². The Bertz CT molecular complexity index is 758. The summed E-state index contributed by atoms with van der Waals surface area (Å²) in [5, 5.41) is 14.4. The van der Waals surface area contributed by atoms with Crippen LogP contribution in [0.2, 0.25) is 0 Å². The van der Waals surface area contributed by atoms with Gasteiger partial charge in [-0.05, 0) is 49.1 Å². The van der Waals surface area contributed by atoms with Gasteiger partial charge >= 0.3 is 0 Å². The molecule has 0 unspecified atom stereocenters. The van der Waals surface area contributed by atoms with Crippen molar-refractivity contribution in [2.24, 2.45) is 0 Å². The van der Waals surface area contributed by atoms with Crippen LogP contribution in [0.1, 0.15) is 41.7 Å². The van der Waals surface area contributed by atoms with Gasteiger partial charge in [-0.1, -0.05) is 18.9 Å². The quantitative estimate of drug-likeness (QED) is 0.743. The maximum absolute atomic E-state index is 12.2. The number of hydrogen-bond acceptors (Lipinski definition) is 6. The zero-order valence-electron chi connectivity index (χ0n) is 15.8. The van der Waals surface area contributed by atoms with Crippen molar-refractivity contribution in [1.29, 1.82) is 0 Å². The predicted molar refractivity (Wildman–Crippen MR) is 103 cm³/mol. The van der Waals surface area contributed by atoms with Gasteiger partial charge in [0.05, 0.1) is 14.2 Å². The summed E-state index contributed by atoms with van der Waals surface area (Å²) in [5.41, 5.74) is 1.48. The molecule has 0 aliphatic heterocycles. The van der Waals surface area contributed by atoms with Crippen LogP contribution in [0.5, 0.6) is 11.5 Å². The van der Waals surface area contributed by atoms with Gasteiger partial charge < -0.3 is 20.1 Å². The largest absolute Gasteiger partial charge is 0.493 e. The van der Waals surface area contributed by atoms with Crippen LogP contribution in [0.4, 0.5) is 5.82 Å². The van der Waals surface area contributed by atoms with Crippen molar-refractivity contribution in [3.63, 3.8) is 0 Å². The molecule has 1 amide bonds. The van der Waals surface area contributed by atoms with E-state index in [4.69, 9.17) is 9.47 Å².